The molecule has 5 heterocycles. The van der Waals surface area contributed by atoms with Crippen LogP contribution in [-0.4, -0.2) is 32.6 Å². The third kappa shape index (κ3) is 7.47. The number of furan rings is 1. The molecular weight excluding hydrogens is 799 g/mol. The van der Waals surface area contributed by atoms with Gasteiger partial charge in [0.25, 0.3) is 0 Å². The largest absolute Gasteiger partial charge is 0.499 e. The summed E-state index contributed by atoms with van der Waals surface area (Å²) in [6, 6.07) is 27.1. The summed E-state index contributed by atoms with van der Waals surface area (Å²) in [5.74, 6) is 1.50. The summed E-state index contributed by atoms with van der Waals surface area (Å²) in [5.41, 5.74) is 10.4. The molecule has 5 aromatic heterocycles. The van der Waals surface area contributed by atoms with Crippen molar-refractivity contribution in [2.75, 3.05) is 0 Å². The third-order valence-electron chi connectivity index (χ3n) is 8.46. The first kappa shape index (κ1) is 36.3. The molecule has 0 aliphatic rings. The molecule has 0 aliphatic heterocycles. The maximum atomic E-state index is 6.21. The molecule has 255 valence electrons. The van der Waals surface area contributed by atoms with E-state index in [1.54, 1.807) is 6.20 Å². The van der Waals surface area contributed by atoms with Crippen LogP contribution in [0.25, 0.3) is 55.9 Å². The average Bonchev–Trinajstić information content (AvgIpc) is 3.60. The van der Waals surface area contributed by atoms with Gasteiger partial charge in [0.15, 0.2) is 0 Å². The summed E-state index contributed by atoms with van der Waals surface area (Å²) in [6.45, 7) is 22.3. The zero-order valence-electron chi connectivity index (χ0n) is 30.2. The molecule has 0 unspecified atom stereocenters. The van der Waals surface area contributed by atoms with E-state index in [2.05, 4.69) is 123 Å². The van der Waals surface area contributed by atoms with Crippen molar-refractivity contribution in [1.82, 2.24) is 24.5 Å². The topological polar surface area (TPSA) is 69.6 Å². The minimum atomic E-state index is -1.34. The van der Waals surface area contributed by atoms with Gasteiger partial charge in [-0.15, -0.1) is 47.5 Å². The molecule has 0 amide bonds. The molecule has 0 saturated carbocycles. The fourth-order valence-corrected chi connectivity index (χ4v) is 8.05. The van der Waals surface area contributed by atoms with Gasteiger partial charge in [-0.05, 0) is 87.8 Å². The van der Waals surface area contributed by atoms with Crippen LogP contribution in [0.15, 0.2) is 77.5 Å². The van der Waals surface area contributed by atoms with Crippen molar-refractivity contribution in [3.8, 4) is 22.6 Å². The Kier molecular flexibility index (Phi) is 10.4. The molecule has 0 aliphatic carbocycles. The third-order valence-corrected chi connectivity index (χ3v) is 10.5. The molecular formula is C41H45IrN5OSi-2. The van der Waals surface area contributed by atoms with Gasteiger partial charge in [0, 0.05) is 43.4 Å². The number of pyridine rings is 3. The number of hydrogen-bond acceptors (Lipinski definition) is 5. The van der Waals surface area contributed by atoms with Crippen molar-refractivity contribution in [2.24, 2.45) is 5.92 Å². The molecule has 0 atom stereocenters. The molecule has 49 heavy (non-hydrogen) atoms. The van der Waals surface area contributed by atoms with Gasteiger partial charge in [0.2, 0.25) is 5.71 Å². The number of rotatable bonds is 5. The standard InChI is InChI=1S/C23H21N4O.C18H24NSi.Ir/c1-13-12-14(2)25-22-18(13)19-20(28-22)15(10-11-24-19)21-26-16-8-6-7-9-17(16)27(21)23(3,4)5;1-14(2)11-16-12-17(15-9-7-6-8-10-15)19-13-18(16)20(3,4)5;/h6-9,11-12H,1-5H3;6-9,12-14H,11H2,1-5H3;/q2*-1;. The smallest absolute Gasteiger partial charge is 0.215 e. The van der Waals surface area contributed by atoms with Gasteiger partial charge < -0.3 is 14.0 Å². The normalized spacial score (nSPS) is 12.0. The average molecular weight is 844 g/mol. The van der Waals surface area contributed by atoms with Crippen molar-refractivity contribution in [1.29, 1.82) is 0 Å². The van der Waals surface area contributed by atoms with E-state index in [4.69, 9.17) is 9.40 Å². The number of benzene rings is 2. The van der Waals surface area contributed by atoms with Crippen LogP contribution in [0.5, 0.6) is 0 Å². The van der Waals surface area contributed by atoms with Gasteiger partial charge in [0.05, 0.1) is 35.6 Å². The van der Waals surface area contributed by atoms with E-state index in [1.807, 2.05) is 43.3 Å². The van der Waals surface area contributed by atoms with Gasteiger partial charge in [-0.25, -0.2) is 4.98 Å². The predicted molar refractivity (Wildman–Crippen MR) is 201 cm³/mol. The Bertz CT molecular complexity index is 2240. The maximum absolute atomic E-state index is 6.21. The Labute approximate surface area is 304 Å². The van der Waals surface area contributed by atoms with Gasteiger partial charge in [0.1, 0.15) is 0 Å². The van der Waals surface area contributed by atoms with E-state index < -0.39 is 8.07 Å². The van der Waals surface area contributed by atoms with Crippen molar-refractivity contribution in [3.63, 3.8) is 0 Å². The SMILES string of the molecule is CC(C)Cc1cc(-c2[c-]cccc2)ncc1[Si](C)(C)C.Cc1cc(C)c2c(n1)oc1c(-c3nc4ccccc4n3C(C)(C)C)[c-]cnc12.[Ir]. The number of aromatic nitrogens is 5. The van der Waals surface area contributed by atoms with Gasteiger partial charge in [-0.1, -0.05) is 57.3 Å². The molecule has 0 saturated heterocycles. The van der Waals surface area contributed by atoms with Crippen LogP contribution in [0, 0.1) is 31.9 Å². The maximum Gasteiger partial charge on any atom is 0.215 e. The second kappa shape index (κ2) is 14.1. The zero-order valence-corrected chi connectivity index (χ0v) is 33.6. The molecule has 0 bridgehead atoms. The fraction of sp³-hybridized carbons (Fsp3) is 0.317. The summed E-state index contributed by atoms with van der Waals surface area (Å²) in [5, 5.41) is 2.44. The van der Waals surface area contributed by atoms with Crippen molar-refractivity contribution >= 4 is 46.5 Å². The summed E-state index contributed by atoms with van der Waals surface area (Å²) >= 11 is 0. The number of nitrogens with zero attached hydrogens (tertiary/aromatic N) is 5. The summed E-state index contributed by atoms with van der Waals surface area (Å²) in [7, 11) is -1.34. The second-order valence-corrected chi connectivity index (χ2v) is 20.1. The van der Waals surface area contributed by atoms with Crippen LogP contribution in [0.1, 0.15) is 51.4 Å². The van der Waals surface area contributed by atoms with E-state index in [1.165, 1.54) is 10.8 Å². The monoisotopic (exact) mass is 844 g/mol. The van der Waals surface area contributed by atoms with E-state index in [0.29, 0.717) is 17.2 Å². The number of aryl methyl sites for hydroxylation is 2. The van der Waals surface area contributed by atoms with Crippen LogP contribution < -0.4 is 5.19 Å². The first-order valence-corrected chi connectivity index (χ1v) is 20.2. The Balaban J connectivity index is 0.000000199. The molecule has 0 fully saturated rings. The summed E-state index contributed by atoms with van der Waals surface area (Å²) in [6.07, 6.45) is 4.94. The number of hydrogen-bond donors (Lipinski definition) is 0. The number of fused-ring (bicyclic) bond motifs is 4. The van der Waals surface area contributed by atoms with Crippen molar-refractivity contribution < 1.29 is 24.5 Å². The second-order valence-electron chi connectivity index (χ2n) is 15.1. The van der Waals surface area contributed by atoms with Crippen LogP contribution in [0.4, 0.5) is 0 Å². The number of imidazole rings is 1. The minimum Gasteiger partial charge on any atom is -0.499 e. The first-order chi connectivity index (χ1) is 22.7. The summed E-state index contributed by atoms with van der Waals surface area (Å²) < 4.78 is 8.45. The van der Waals surface area contributed by atoms with E-state index in [9.17, 15) is 0 Å². The quantitative estimate of drug-likeness (QED) is 0.128. The minimum absolute atomic E-state index is 0. The van der Waals surface area contributed by atoms with Crippen LogP contribution in [0.2, 0.25) is 19.6 Å². The Morgan fingerprint density at radius 2 is 1.65 bits per heavy atom. The Morgan fingerprint density at radius 3 is 2.33 bits per heavy atom. The molecule has 8 heteroatoms. The number of para-hydroxylation sites is 2. The Morgan fingerprint density at radius 1 is 0.918 bits per heavy atom. The predicted octanol–water partition coefficient (Wildman–Crippen LogP) is 9.85. The first-order valence-electron chi connectivity index (χ1n) is 16.7. The van der Waals surface area contributed by atoms with Gasteiger partial charge >= 0.3 is 0 Å². The van der Waals surface area contributed by atoms with E-state index in [0.717, 1.165) is 62.3 Å². The van der Waals surface area contributed by atoms with Gasteiger partial charge in [-0.2, -0.15) is 0 Å². The molecule has 6 nitrogen and oxygen atoms in total. The fourth-order valence-electron chi connectivity index (χ4n) is 6.46. The molecule has 0 spiro atoms. The molecule has 7 aromatic rings. The van der Waals surface area contributed by atoms with Crippen molar-refractivity contribution in [3.05, 3.63) is 102 Å². The molecule has 0 N–H and O–H groups in total. The van der Waals surface area contributed by atoms with E-state index in [-0.39, 0.29) is 25.6 Å². The Hall–Kier alpha value is -3.97. The van der Waals surface area contributed by atoms with E-state index >= 15 is 0 Å². The van der Waals surface area contributed by atoms with Crippen LogP contribution >= 0.6 is 0 Å². The molecule has 2 aromatic carbocycles. The van der Waals surface area contributed by atoms with Crippen molar-refractivity contribution in [2.45, 2.75) is 80.1 Å². The summed E-state index contributed by atoms with van der Waals surface area (Å²) in [4.78, 5) is 18.8. The molecule has 1 radical (unpaired) electrons. The van der Waals surface area contributed by atoms with Gasteiger partial charge in [-0.3, -0.25) is 9.97 Å². The van der Waals surface area contributed by atoms with Crippen LogP contribution in [0.3, 0.4) is 0 Å². The van der Waals surface area contributed by atoms with Crippen LogP contribution in [-0.2, 0) is 32.1 Å². The molecule has 7 rings (SSSR count). The zero-order chi connectivity index (χ0) is 34.4.